The third kappa shape index (κ3) is 1.42. The molecule has 0 aliphatic carbocycles. The van der Waals surface area contributed by atoms with Gasteiger partial charge in [-0.2, -0.15) is 15.4 Å². The van der Waals surface area contributed by atoms with Crippen LogP contribution in [0, 0.1) is 0 Å². The Morgan fingerprint density at radius 3 is 2.20 bits per heavy atom. The fraction of sp³-hybridized carbons (Fsp3) is 0. The van der Waals surface area contributed by atoms with Crippen molar-refractivity contribution in [3.63, 3.8) is 0 Å². The second-order valence-corrected chi connectivity index (χ2v) is 4.72. The van der Waals surface area contributed by atoms with E-state index < -0.39 is 0 Å². The number of nitrogens with two attached hydrogens (primary N) is 1. The Kier molecular flexibility index (Phi) is 2.23. The molecule has 3 N–H and O–H groups in total. The molecule has 0 amide bonds. The number of nitrogens with zero attached hydrogens (tertiary/aromatic N) is 2. The second kappa shape index (κ2) is 4.06. The second-order valence-electron chi connectivity index (χ2n) is 4.72. The summed E-state index contributed by atoms with van der Waals surface area (Å²) >= 11 is 0. The molecule has 0 unspecified atom stereocenters. The minimum absolute atomic E-state index is 0.744. The van der Waals surface area contributed by atoms with Gasteiger partial charge in [0.25, 0.3) is 0 Å². The first-order chi connectivity index (χ1) is 9.86. The van der Waals surface area contributed by atoms with E-state index in [1.807, 2.05) is 54.6 Å². The fourth-order valence-corrected chi connectivity index (χ4v) is 2.68. The topological polar surface area (TPSA) is 67.6 Å². The summed E-state index contributed by atoms with van der Waals surface area (Å²) < 4.78 is 0. The summed E-state index contributed by atoms with van der Waals surface area (Å²) in [7, 11) is 0. The highest BCUT2D eigenvalue weighted by Gasteiger charge is 2.16. The van der Waals surface area contributed by atoms with E-state index in [1.54, 1.807) is 0 Å². The standard InChI is InChI=1S/C16H12N4/c17-14-11-8-4-5-9-12(11)15-16(19-20-18-15)13(14)10-6-2-1-3-7-10/h1-9H,17H2,(H,18,19,20). The Hall–Kier alpha value is -2.88. The van der Waals surface area contributed by atoms with Gasteiger partial charge in [-0.3, -0.25) is 0 Å². The summed E-state index contributed by atoms with van der Waals surface area (Å²) in [5, 5.41) is 13.3. The van der Waals surface area contributed by atoms with Gasteiger partial charge in [0.15, 0.2) is 0 Å². The first-order valence-corrected chi connectivity index (χ1v) is 6.42. The number of nitrogen functional groups attached to an aromatic ring is 1. The summed E-state index contributed by atoms with van der Waals surface area (Å²) in [5.74, 6) is 0. The summed E-state index contributed by atoms with van der Waals surface area (Å²) in [6.45, 7) is 0. The lowest BCUT2D eigenvalue weighted by Crippen LogP contribution is -1.94. The number of H-pyrrole nitrogens is 1. The molecule has 1 aromatic heterocycles. The molecule has 0 aliphatic heterocycles. The maximum atomic E-state index is 6.39. The highest BCUT2D eigenvalue weighted by atomic mass is 15.3. The van der Waals surface area contributed by atoms with Crippen molar-refractivity contribution in [3.8, 4) is 11.1 Å². The molecule has 4 rings (SSSR count). The highest BCUT2D eigenvalue weighted by Crippen LogP contribution is 2.38. The van der Waals surface area contributed by atoms with Crippen molar-refractivity contribution in [3.05, 3.63) is 54.6 Å². The lowest BCUT2D eigenvalue weighted by atomic mass is 9.96. The maximum absolute atomic E-state index is 6.39. The minimum Gasteiger partial charge on any atom is -0.398 e. The molecule has 4 aromatic rings. The van der Waals surface area contributed by atoms with E-state index >= 15 is 0 Å². The zero-order valence-corrected chi connectivity index (χ0v) is 10.7. The number of fused-ring (bicyclic) bond motifs is 3. The third-order valence-electron chi connectivity index (χ3n) is 3.59. The van der Waals surface area contributed by atoms with Crippen LogP contribution in [0.3, 0.4) is 0 Å². The predicted molar refractivity (Wildman–Crippen MR) is 81.2 cm³/mol. The molecule has 1 heterocycles. The molecule has 3 aromatic carbocycles. The van der Waals surface area contributed by atoms with Crippen molar-refractivity contribution in [1.82, 2.24) is 15.4 Å². The van der Waals surface area contributed by atoms with E-state index in [2.05, 4.69) is 15.4 Å². The van der Waals surface area contributed by atoms with Gasteiger partial charge in [-0.05, 0) is 5.56 Å². The van der Waals surface area contributed by atoms with Gasteiger partial charge in [0, 0.05) is 22.0 Å². The van der Waals surface area contributed by atoms with Gasteiger partial charge in [0.05, 0.1) is 0 Å². The van der Waals surface area contributed by atoms with Gasteiger partial charge < -0.3 is 5.73 Å². The highest BCUT2D eigenvalue weighted by molar-refractivity contribution is 6.17. The van der Waals surface area contributed by atoms with Crippen LogP contribution in [0.4, 0.5) is 5.69 Å². The van der Waals surface area contributed by atoms with Crippen LogP contribution in [0.15, 0.2) is 54.6 Å². The van der Waals surface area contributed by atoms with E-state index in [4.69, 9.17) is 5.73 Å². The average Bonchev–Trinajstić information content (AvgIpc) is 2.98. The molecule has 0 saturated carbocycles. The van der Waals surface area contributed by atoms with Crippen molar-refractivity contribution in [2.24, 2.45) is 0 Å². The van der Waals surface area contributed by atoms with Gasteiger partial charge in [-0.25, -0.2) is 0 Å². The van der Waals surface area contributed by atoms with E-state index in [9.17, 15) is 0 Å². The molecule has 4 nitrogen and oxygen atoms in total. The number of aromatic amines is 1. The number of anilines is 1. The quantitative estimate of drug-likeness (QED) is 0.516. The molecular weight excluding hydrogens is 248 g/mol. The van der Waals surface area contributed by atoms with Crippen LogP contribution >= 0.6 is 0 Å². The molecule has 0 spiro atoms. The molecule has 0 aliphatic rings. The number of hydrogen-bond acceptors (Lipinski definition) is 3. The molecule has 0 atom stereocenters. The van der Waals surface area contributed by atoms with Crippen LogP contribution in [-0.4, -0.2) is 15.4 Å². The van der Waals surface area contributed by atoms with Crippen LogP contribution in [0.1, 0.15) is 0 Å². The van der Waals surface area contributed by atoms with Crippen LogP contribution < -0.4 is 5.73 Å². The van der Waals surface area contributed by atoms with E-state index in [-0.39, 0.29) is 0 Å². The predicted octanol–water partition coefficient (Wildman–Crippen LogP) is 3.36. The lowest BCUT2D eigenvalue weighted by molar-refractivity contribution is 0.960. The molecule has 0 saturated heterocycles. The number of rotatable bonds is 1. The van der Waals surface area contributed by atoms with Crippen LogP contribution in [0.2, 0.25) is 0 Å². The number of benzene rings is 3. The van der Waals surface area contributed by atoms with Crippen molar-refractivity contribution in [1.29, 1.82) is 0 Å². The summed E-state index contributed by atoms with van der Waals surface area (Å²) in [4.78, 5) is 0. The largest absolute Gasteiger partial charge is 0.398 e. The Bertz CT molecular complexity index is 910. The maximum Gasteiger partial charge on any atom is 0.123 e. The molecule has 20 heavy (non-hydrogen) atoms. The first kappa shape index (κ1) is 11.0. The molecule has 0 fully saturated rings. The molecule has 0 radical (unpaired) electrons. The van der Waals surface area contributed by atoms with Crippen molar-refractivity contribution >= 4 is 27.5 Å². The van der Waals surface area contributed by atoms with E-state index in [0.717, 1.165) is 38.6 Å². The molecule has 4 heteroatoms. The monoisotopic (exact) mass is 260 g/mol. The Labute approximate surface area is 115 Å². The van der Waals surface area contributed by atoms with E-state index in [1.165, 1.54) is 0 Å². The molecular formula is C16H12N4. The number of aromatic nitrogens is 3. The summed E-state index contributed by atoms with van der Waals surface area (Å²) in [5.41, 5.74) is 10.8. The summed E-state index contributed by atoms with van der Waals surface area (Å²) in [6.07, 6.45) is 0. The first-order valence-electron chi connectivity index (χ1n) is 6.42. The van der Waals surface area contributed by atoms with Gasteiger partial charge in [0.1, 0.15) is 11.0 Å². The smallest absolute Gasteiger partial charge is 0.123 e. The Morgan fingerprint density at radius 2 is 1.40 bits per heavy atom. The Balaban J connectivity index is 2.24. The third-order valence-corrected chi connectivity index (χ3v) is 3.59. The molecule has 0 bridgehead atoms. The minimum atomic E-state index is 0.744. The number of nitrogens with one attached hydrogen (secondary N) is 1. The van der Waals surface area contributed by atoms with E-state index in [0.29, 0.717) is 0 Å². The fourth-order valence-electron chi connectivity index (χ4n) is 2.68. The van der Waals surface area contributed by atoms with Crippen molar-refractivity contribution in [2.45, 2.75) is 0 Å². The van der Waals surface area contributed by atoms with Crippen LogP contribution in [0.5, 0.6) is 0 Å². The normalized spacial score (nSPS) is 11.2. The average molecular weight is 260 g/mol. The van der Waals surface area contributed by atoms with Gasteiger partial charge in [-0.1, -0.05) is 54.6 Å². The number of hydrogen-bond donors (Lipinski definition) is 2. The summed E-state index contributed by atoms with van der Waals surface area (Å²) in [6, 6.07) is 18.1. The van der Waals surface area contributed by atoms with Crippen molar-refractivity contribution < 1.29 is 0 Å². The molecule has 96 valence electrons. The van der Waals surface area contributed by atoms with Crippen molar-refractivity contribution in [2.75, 3.05) is 5.73 Å². The van der Waals surface area contributed by atoms with Gasteiger partial charge in [0.2, 0.25) is 0 Å². The van der Waals surface area contributed by atoms with Crippen LogP contribution in [0.25, 0.3) is 32.9 Å². The van der Waals surface area contributed by atoms with Crippen LogP contribution in [-0.2, 0) is 0 Å². The van der Waals surface area contributed by atoms with Gasteiger partial charge in [-0.15, -0.1) is 0 Å². The SMILES string of the molecule is Nc1c(-c2ccccc2)c2n[nH]nc2c2ccccc12. The Morgan fingerprint density at radius 1 is 0.750 bits per heavy atom. The zero-order valence-electron chi connectivity index (χ0n) is 10.7. The zero-order chi connectivity index (χ0) is 13.5. The van der Waals surface area contributed by atoms with Gasteiger partial charge >= 0.3 is 0 Å². The lowest BCUT2D eigenvalue weighted by Gasteiger charge is -2.10.